The van der Waals surface area contributed by atoms with E-state index in [2.05, 4.69) is 6.58 Å². The monoisotopic (exact) mass is 372 g/mol. The maximum Gasteiger partial charge on any atom is 0.333 e. The van der Waals surface area contributed by atoms with Gasteiger partial charge in [0.25, 0.3) is 0 Å². The van der Waals surface area contributed by atoms with E-state index >= 15 is 0 Å². The lowest BCUT2D eigenvalue weighted by molar-refractivity contribution is -0.139. The van der Waals surface area contributed by atoms with Crippen molar-refractivity contribution in [2.75, 3.05) is 19.8 Å². The van der Waals surface area contributed by atoms with E-state index in [4.69, 9.17) is 14.6 Å². The van der Waals surface area contributed by atoms with Gasteiger partial charge in [-0.3, -0.25) is 0 Å². The standard InChI is InChI=1S/C22H25FO4/c1-15(2)22(25)27-11-4-5-18-14-17(7-9-21(18)26-12-10-24)19-8-6-16(3)13-20(19)23/h6-9,13-14,24H,1,4-5,10-12H2,2-3H3. The van der Waals surface area contributed by atoms with E-state index in [1.807, 2.05) is 19.1 Å². The van der Waals surface area contributed by atoms with Crippen molar-refractivity contribution in [3.05, 3.63) is 65.5 Å². The van der Waals surface area contributed by atoms with Crippen LogP contribution in [0.25, 0.3) is 11.1 Å². The summed E-state index contributed by atoms with van der Waals surface area (Å²) < 4.78 is 25.0. The highest BCUT2D eigenvalue weighted by Gasteiger charge is 2.11. The van der Waals surface area contributed by atoms with Gasteiger partial charge < -0.3 is 14.6 Å². The van der Waals surface area contributed by atoms with Gasteiger partial charge >= 0.3 is 5.97 Å². The van der Waals surface area contributed by atoms with Gasteiger partial charge in [0.1, 0.15) is 18.2 Å². The van der Waals surface area contributed by atoms with Crippen LogP contribution in [0, 0.1) is 12.7 Å². The van der Waals surface area contributed by atoms with E-state index in [1.165, 1.54) is 6.07 Å². The molecule has 27 heavy (non-hydrogen) atoms. The van der Waals surface area contributed by atoms with E-state index in [0.29, 0.717) is 29.7 Å². The second-order valence-electron chi connectivity index (χ2n) is 6.40. The molecule has 0 spiro atoms. The zero-order chi connectivity index (χ0) is 19.8. The zero-order valence-corrected chi connectivity index (χ0v) is 15.8. The lowest BCUT2D eigenvalue weighted by Gasteiger charge is -2.14. The van der Waals surface area contributed by atoms with Crippen LogP contribution in [-0.2, 0) is 16.0 Å². The highest BCUT2D eigenvalue weighted by Crippen LogP contribution is 2.30. The normalized spacial score (nSPS) is 10.5. The summed E-state index contributed by atoms with van der Waals surface area (Å²) in [4.78, 5) is 11.5. The number of benzene rings is 2. The van der Waals surface area contributed by atoms with Crippen LogP contribution in [0.15, 0.2) is 48.6 Å². The van der Waals surface area contributed by atoms with Gasteiger partial charge in [0.2, 0.25) is 0 Å². The quantitative estimate of drug-likeness (QED) is 0.407. The molecule has 1 N–H and O–H groups in total. The first-order chi connectivity index (χ1) is 12.9. The second kappa shape index (κ2) is 9.88. The van der Waals surface area contributed by atoms with E-state index in [9.17, 15) is 9.18 Å². The van der Waals surface area contributed by atoms with E-state index in [-0.39, 0.29) is 25.6 Å². The molecule has 0 heterocycles. The minimum Gasteiger partial charge on any atom is -0.491 e. The molecule has 0 amide bonds. The maximum absolute atomic E-state index is 14.3. The van der Waals surface area contributed by atoms with Crippen molar-refractivity contribution < 1.29 is 23.8 Å². The van der Waals surface area contributed by atoms with Crippen LogP contribution in [-0.4, -0.2) is 30.9 Å². The van der Waals surface area contributed by atoms with Gasteiger partial charge in [-0.15, -0.1) is 0 Å². The average molecular weight is 372 g/mol. The highest BCUT2D eigenvalue weighted by molar-refractivity contribution is 5.86. The minimum absolute atomic E-state index is 0.0932. The van der Waals surface area contributed by atoms with Crippen LogP contribution in [0.1, 0.15) is 24.5 Å². The molecule has 0 fully saturated rings. The van der Waals surface area contributed by atoms with E-state index < -0.39 is 5.97 Å². The number of hydrogen-bond acceptors (Lipinski definition) is 4. The van der Waals surface area contributed by atoms with Gasteiger partial charge in [0.15, 0.2) is 0 Å². The molecule has 2 aromatic rings. The molecule has 2 aromatic carbocycles. The summed E-state index contributed by atoms with van der Waals surface area (Å²) in [7, 11) is 0. The summed E-state index contributed by atoms with van der Waals surface area (Å²) >= 11 is 0. The van der Waals surface area contributed by atoms with Crippen LogP contribution in [0.3, 0.4) is 0 Å². The summed E-state index contributed by atoms with van der Waals surface area (Å²) in [6.07, 6.45) is 1.18. The van der Waals surface area contributed by atoms with Gasteiger partial charge in [-0.2, -0.15) is 0 Å². The smallest absolute Gasteiger partial charge is 0.333 e. The second-order valence-corrected chi connectivity index (χ2v) is 6.40. The number of rotatable bonds is 9. The molecule has 5 heteroatoms. The number of aliphatic hydroxyl groups is 1. The third-order valence-corrected chi connectivity index (χ3v) is 4.02. The number of ether oxygens (including phenoxy) is 2. The van der Waals surface area contributed by atoms with Crippen molar-refractivity contribution in [2.45, 2.75) is 26.7 Å². The fraction of sp³-hybridized carbons (Fsp3) is 0.318. The third kappa shape index (κ3) is 5.93. The van der Waals surface area contributed by atoms with Crippen LogP contribution < -0.4 is 4.74 Å². The third-order valence-electron chi connectivity index (χ3n) is 4.02. The van der Waals surface area contributed by atoms with E-state index in [0.717, 1.165) is 16.7 Å². The topological polar surface area (TPSA) is 55.8 Å². The molecule has 0 saturated heterocycles. The summed E-state index contributed by atoms with van der Waals surface area (Å²) in [6, 6.07) is 10.6. The number of carbonyl (C=O) groups is 1. The van der Waals surface area contributed by atoms with Crippen molar-refractivity contribution in [1.29, 1.82) is 0 Å². The fourth-order valence-corrected chi connectivity index (χ4v) is 2.64. The Bertz CT molecular complexity index is 814. The fourth-order valence-electron chi connectivity index (χ4n) is 2.64. The van der Waals surface area contributed by atoms with Gasteiger partial charge in [0.05, 0.1) is 13.2 Å². The molecule has 144 valence electrons. The molecular formula is C22H25FO4. The Morgan fingerprint density at radius 1 is 1.19 bits per heavy atom. The number of aliphatic hydroxyl groups excluding tert-OH is 1. The predicted molar refractivity (Wildman–Crippen MR) is 103 cm³/mol. The Labute approximate surface area is 159 Å². The van der Waals surface area contributed by atoms with Crippen molar-refractivity contribution in [3.8, 4) is 16.9 Å². The minimum atomic E-state index is -0.415. The van der Waals surface area contributed by atoms with Crippen LogP contribution >= 0.6 is 0 Å². The number of carbonyl (C=O) groups excluding carboxylic acids is 1. The number of hydrogen-bond donors (Lipinski definition) is 1. The maximum atomic E-state index is 14.3. The molecular weight excluding hydrogens is 347 g/mol. The molecule has 0 atom stereocenters. The predicted octanol–water partition coefficient (Wildman–Crippen LogP) is 4.22. The molecule has 0 saturated carbocycles. The largest absolute Gasteiger partial charge is 0.491 e. The number of halogens is 1. The number of aryl methyl sites for hydroxylation is 2. The van der Waals surface area contributed by atoms with Gasteiger partial charge in [0, 0.05) is 11.1 Å². The van der Waals surface area contributed by atoms with Crippen molar-refractivity contribution >= 4 is 5.97 Å². The van der Waals surface area contributed by atoms with E-state index in [1.54, 1.807) is 25.1 Å². The summed E-state index contributed by atoms with van der Waals surface area (Å²) in [5, 5.41) is 9.00. The van der Waals surface area contributed by atoms with Crippen molar-refractivity contribution in [3.63, 3.8) is 0 Å². The molecule has 0 aliphatic rings. The first-order valence-electron chi connectivity index (χ1n) is 8.88. The van der Waals surface area contributed by atoms with Crippen LogP contribution in [0.4, 0.5) is 4.39 Å². The lowest BCUT2D eigenvalue weighted by atomic mass is 9.99. The molecule has 0 aliphatic heterocycles. The Kier molecular flexibility index (Phi) is 7.55. The summed E-state index contributed by atoms with van der Waals surface area (Å²) in [5.41, 5.74) is 3.35. The van der Waals surface area contributed by atoms with Crippen molar-refractivity contribution in [1.82, 2.24) is 0 Å². The molecule has 4 nitrogen and oxygen atoms in total. The first kappa shape index (κ1) is 20.6. The SMILES string of the molecule is C=C(C)C(=O)OCCCc1cc(-c2ccc(C)cc2F)ccc1OCCO. The van der Waals surface area contributed by atoms with Gasteiger partial charge in [-0.05, 0) is 61.6 Å². The van der Waals surface area contributed by atoms with Crippen LogP contribution in [0.5, 0.6) is 5.75 Å². The highest BCUT2D eigenvalue weighted by atomic mass is 19.1. The molecule has 0 aliphatic carbocycles. The van der Waals surface area contributed by atoms with Gasteiger partial charge in [-0.1, -0.05) is 24.8 Å². The average Bonchev–Trinajstić information content (AvgIpc) is 2.63. The molecule has 2 rings (SSSR count). The Hall–Kier alpha value is -2.66. The Balaban J connectivity index is 2.18. The summed E-state index contributed by atoms with van der Waals surface area (Å²) in [5.74, 6) is -0.0610. The number of esters is 1. The lowest BCUT2D eigenvalue weighted by Crippen LogP contribution is -2.08. The molecule has 0 aromatic heterocycles. The molecule has 0 unspecified atom stereocenters. The Morgan fingerprint density at radius 3 is 2.63 bits per heavy atom. The molecule has 0 radical (unpaired) electrons. The first-order valence-corrected chi connectivity index (χ1v) is 8.88. The Morgan fingerprint density at radius 2 is 1.96 bits per heavy atom. The molecule has 0 bridgehead atoms. The van der Waals surface area contributed by atoms with Crippen molar-refractivity contribution in [2.24, 2.45) is 0 Å². The summed E-state index contributed by atoms with van der Waals surface area (Å²) in [6.45, 7) is 7.33. The van der Waals surface area contributed by atoms with Gasteiger partial charge in [-0.25, -0.2) is 9.18 Å². The van der Waals surface area contributed by atoms with Crippen LogP contribution in [0.2, 0.25) is 0 Å². The zero-order valence-electron chi connectivity index (χ0n) is 15.8.